The van der Waals surface area contributed by atoms with Crippen LogP contribution in [0.15, 0.2) is 30.3 Å². The van der Waals surface area contributed by atoms with Crippen LogP contribution in [0.3, 0.4) is 0 Å². The van der Waals surface area contributed by atoms with Crippen LogP contribution in [0.4, 0.5) is 4.79 Å². The standard InChI is InChI=1S/C15H22N2O.C5H11NO2/c1-14(18)17-12-10-16(11-13-17)9-5-8-15-6-3-2-4-7-15;1-5(2,3)8-4(6)7/h2-4,6-7H,5,8-13H2,1H3;1-3H3,(H2,6,7). The van der Waals surface area contributed by atoms with Crippen LogP contribution in [0, 0.1) is 0 Å². The van der Waals surface area contributed by atoms with Gasteiger partial charge in [0.25, 0.3) is 0 Å². The van der Waals surface area contributed by atoms with Crippen molar-refractivity contribution in [2.45, 2.75) is 46.1 Å². The van der Waals surface area contributed by atoms with Crippen molar-refractivity contribution in [1.29, 1.82) is 0 Å². The maximum absolute atomic E-state index is 11.2. The van der Waals surface area contributed by atoms with Gasteiger partial charge in [0.1, 0.15) is 5.60 Å². The van der Waals surface area contributed by atoms with Gasteiger partial charge in [-0.25, -0.2) is 4.79 Å². The molecule has 0 spiro atoms. The number of nitrogens with two attached hydrogens (primary N) is 1. The van der Waals surface area contributed by atoms with Crippen LogP contribution in [0.5, 0.6) is 0 Å². The first-order valence-electron chi connectivity index (χ1n) is 9.17. The maximum atomic E-state index is 11.2. The van der Waals surface area contributed by atoms with Crippen molar-refractivity contribution in [3.63, 3.8) is 0 Å². The van der Waals surface area contributed by atoms with E-state index in [9.17, 15) is 9.59 Å². The molecule has 0 bridgehead atoms. The van der Waals surface area contributed by atoms with Gasteiger partial charge < -0.3 is 15.4 Å². The Morgan fingerprint density at radius 1 is 1.08 bits per heavy atom. The summed E-state index contributed by atoms with van der Waals surface area (Å²) >= 11 is 0. The lowest BCUT2D eigenvalue weighted by molar-refractivity contribution is -0.130. The minimum absolute atomic E-state index is 0.207. The Labute approximate surface area is 157 Å². The first-order chi connectivity index (χ1) is 12.2. The van der Waals surface area contributed by atoms with Crippen LogP contribution in [0.25, 0.3) is 0 Å². The number of hydrogen-bond acceptors (Lipinski definition) is 4. The number of rotatable bonds is 4. The molecule has 2 N–H and O–H groups in total. The van der Waals surface area contributed by atoms with E-state index in [0.29, 0.717) is 0 Å². The van der Waals surface area contributed by atoms with Gasteiger partial charge in [-0.3, -0.25) is 9.69 Å². The van der Waals surface area contributed by atoms with Gasteiger partial charge >= 0.3 is 6.09 Å². The Hall–Kier alpha value is -2.08. The summed E-state index contributed by atoms with van der Waals surface area (Å²) in [4.78, 5) is 25.6. The third-order valence-electron chi connectivity index (χ3n) is 4.01. The zero-order valence-corrected chi connectivity index (χ0v) is 16.5. The number of carbonyl (C=O) groups is 2. The molecular weight excluding hydrogens is 330 g/mol. The number of piperazine rings is 1. The van der Waals surface area contributed by atoms with Crippen molar-refractivity contribution >= 4 is 12.0 Å². The van der Waals surface area contributed by atoms with Gasteiger partial charge in [0.2, 0.25) is 5.91 Å². The van der Waals surface area contributed by atoms with Gasteiger partial charge in [-0.2, -0.15) is 0 Å². The molecule has 1 aromatic rings. The zero-order chi connectivity index (χ0) is 19.6. The summed E-state index contributed by atoms with van der Waals surface area (Å²) in [6.07, 6.45) is 1.62. The minimum atomic E-state index is -0.725. The van der Waals surface area contributed by atoms with E-state index in [2.05, 4.69) is 40.0 Å². The molecule has 6 nitrogen and oxygen atoms in total. The molecule has 2 amide bonds. The summed E-state index contributed by atoms with van der Waals surface area (Å²) in [6, 6.07) is 10.6. The molecule has 0 unspecified atom stereocenters. The number of nitrogens with zero attached hydrogens (tertiary/aromatic N) is 2. The highest BCUT2D eigenvalue weighted by Crippen LogP contribution is 2.07. The predicted molar refractivity (Wildman–Crippen MR) is 104 cm³/mol. The number of aryl methyl sites for hydroxylation is 1. The largest absolute Gasteiger partial charge is 0.444 e. The number of benzene rings is 1. The quantitative estimate of drug-likeness (QED) is 0.892. The second-order valence-corrected chi connectivity index (χ2v) is 7.47. The summed E-state index contributed by atoms with van der Waals surface area (Å²) in [5, 5.41) is 0. The second-order valence-electron chi connectivity index (χ2n) is 7.47. The molecule has 0 aliphatic carbocycles. The highest BCUT2D eigenvalue weighted by atomic mass is 16.6. The smallest absolute Gasteiger partial charge is 0.405 e. The molecule has 1 aromatic carbocycles. The molecule has 146 valence electrons. The van der Waals surface area contributed by atoms with Gasteiger partial charge in [0, 0.05) is 33.1 Å². The highest BCUT2D eigenvalue weighted by Gasteiger charge is 2.17. The third kappa shape index (κ3) is 10.0. The summed E-state index contributed by atoms with van der Waals surface area (Å²) in [5.41, 5.74) is 5.68. The van der Waals surface area contributed by atoms with Crippen molar-refractivity contribution in [2.75, 3.05) is 32.7 Å². The van der Waals surface area contributed by atoms with Crippen molar-refractivity contribution < 1.29 is 14.3 Å². The number of amides is 2. The van der Waals surface area contributed by atoms with E-state index in [1.165, 1.54) is 12.0 Å². The fraction of sp³-hybridized carbons (Fsp3) is 0.600. The van der Waals surface area contributed by atoms with E-state index in [4.69, 9.17) is 5.73 Å². The molecule has 2 rings (SSSR count). The second kappa shape index (κ2) is 10.8. The van der Waals surface area contributed by atoms with Crippen molar-refractivity contribution in [3.8, 4) is 0 Å². The molecule has 1 heterocycles. The van der Waals surface area contributed by atoms with E-state index >= 15 is 0 Å². The van der Waals surface area contributed by atoms with E-state index in [1.54, 1.807) is 27.7 Å². The summed E-state index contributed by atoms with van der Waals surface area (Å²) in [7, 11) is 0. The van der Waals surface area contributed by atoms with Gasteiger partial charge in [-0.05, 0) is 45.7 Å². The Bertz CT molecular complexity index is 547. The molecule has 0 saturated carbocycles. The SMILES string of the molecule is CC(=O)N1CCN(CCCc2ccccc2)CC1.CC(C)(C)OC(N)=O. The Morgan fingerprint density at radius 3 is 2.08 bits per heavy atom. The number of primary amides is 1. The highest BCUT2D eigenvalue weighted by molar-refractivity contribution is 5.73. The molecule has 26 heavy (non-hydrogen) atoms. The topological polar surface area (TPSA) is 75.9 Å². The van der Waals surface area contributed by atoms with Crippen LogP contribution in [0.1, 0.15) is 39.7 Å². The normalized spacial score (nSPS) is 15.0. The monoisotopic (exact) mass is 363 g/mol. The lowest BCUT2D eigenvalue weighted by atomic mass is 10.1. The van der Waals surface area contributed by atoms with E-state index in [1.807, 2.05) is 4.90 Å². The molecule has 1 aliphatic heterocycles. The Balaban J connectivity index is 0.000000359. The van der Waals surface area contributed by atoms with E-state index < -0.39 is 11.7 Å². The fourth-order valence-electron chi connectivity index (χ4n) is 2.74. The van der Waals surface area contributed by atoms with Crippen LogP contribution >= 0.6 is 0 Å². The Morgan fingerprint density at radius 2 is 1.65 bits per heavy atom. The summed E-state index contributed by atoms with van der Waals surface area (Å²) < 4.78 is 4.58. The molecule has 6 heteroatoms. The fourth-order valence-corrected chi connectivity index (χ4v) is 2.74. The molecule has 0 aromatic heterocycles. The van der Waals surface area contributed by atoms with Gasteiger partial charge in [0.05, 0.1) is 0 Å². The number of hydrogen-bond donors (Lipinski definition) is 1. The molecular formula is C20H33N3O3. The lowest BCUT2D eigenvalue weighted by Gasteiger charge is -2.34. The number of ether oxygens (including phenoxy) is 1. The van der Waals surface area contributed by atoms with Crippen LogP contribution in [-0.4, -0.2) is 60.1 Å². The maximum Gasteiger partial charge on any atom is 0.405 e. The molecule has 1 aliphatic rings. The molecule has 1 saturated heterocycles. The zero-order valence-electron chi connectivity index (χ0n) is 16.5. The van der Waals surface area contributed by atoms with Gasteiger partial charge in [-0.15, -0.1) is 0 Å². The molecule has 0 radical (unpaired) electrons. The van der Waals surface area contributed by atoms with Crippen molar-refractivity contribution in [2.24, 2.45) is 5.73 Å². The molecule has 0 atom stereocenters. The van der Waals surface area contributed by atoms with Crippen LogP contribution in [-0.2, 0) is 16.0 Å². The first kappa shape index (κ1) is 22.0. The van der Waals surface area contributed by atoms with Gasteiger partial charge in [0.15, 0.2) is 0 Å². The average molecular weight is 364 g/mol. The average Bonchev–Trinajstić information content (AvgIpc) is 2.54. The minimum Gasteiger partial charge on any atom is -0.444 e. The first-order valence-corrected chi connectivity index (χ1v) is 9.17. The van der Waals surface area contributed by atoms with E-state index in [-0.39, 0.29) is 5.91 Å². The number of carbonyl (C=O) groups excluding carboxylic acids is 2. The Kier molecular flexibility index (Phi) is 9.13. The predicted octanol–water partition coefficient (Wildman–Crippen LogP) is 2.66. The van der Waals surface area contributed by atoms with Crippen molar-refractivity contribution in [1.82, 2.24) is 9.80 Å². The third-order valence-corrected chi connectivity index (χ3v) is 4.01. The van der Waals surface area contributed by atoms with Crippen LogP contribution in [0.2, 0.25) is 0 Å². The summed E-state index contributed by atoms with van der Waals surface area (Å²) in [6.45, 7) is 11.9. The lowest BCUT2D eigenvalue weighted by Crippen LogP contribution is -2.48. The van der Waals surface area contributed by atoms with Crippen molar-refractivity contribution in [3.05, 3.63) is 35.9 Å². The van der Waals surface area contributed by atoms with Crippen LogP contribution < -0.4 is 5.73 Å². The van der Waals surface area contributed by atoms with E-state index in [0.717, 1.165) is 39.1 Å². The summed E-state index contributed by atoms with van der Waals surface area (Å²) in [5.74, 6) is 0.207. The van der Waals surface area contributed by atoms with Gasteiger partial charge in [-0.1, -0.05) is 30.3 Å². The molecule has 1 fully saturated rings.